The molecule has 4 radical (unpaired) electrons. The zero-order valence-corrected chi connectivity index (χ0v) is 18.6. The fraction of sp³-hybridized carbons (Fsp3) is 0.143. The first-order chi connectivity index (χ1) is 12.9. The predicted molar refractivity (Wildman–Crippen MR) is 98.1 cm³/mol. The van der Waals surface area contributed by atoms with Gasteiger partial charge in [-0.2, -0.15) is 0 Å². The molecule has 29 heavy (non-hydrogen) atoms. The minimum atomic E-state index is -0.866. The second kappa shape index (κ2) is 10.2. The zero-order valence-electron chi connectivity index (χ0n) is 14.8. The number of phenolic OH excluding ortho intramolecular Hbond substituents is 2. The summed E-state index contributed by atoms with van der Waals surface area (Å²) in [5.41, 5.74) is -1.93. The van der Waals surface area contributed by atoms with Crippen molar-refractivity contribution >= 4 is 50.0 Å². The van der Waals surface area contributed by atoms with Gasteiger partial charge in [0.2, 0.25) is 0 Å². The Labute approximate surface area is 181 Å². The first-order valence-electron chi connectivity index (χ1n) is 7.11. The average Bonchev–Trinajstić information content (AvgIpc) is 2.59. The largest absolute Gasteiger partial charge is 0.502 e. The van der Waals surface area contributed by atoms with Crippen molar-refractivity contribution in [1.29, 1.82) is 0 Å². The van der Waals surface area contributed by atoms with Gasteiger partial charge in [0.25, 0.3) is 11.4 Å². The molecule has 0 saturated heterocycles. The molecule has 0 aliphatic carbocycles. The van der Waals surface area contributed by atoms with Crippen LogP contribution in [0.25, 0.3) is 0 Å². The molecular formula is C14H12N4O10Pb. The number of aryl methyl sites for hydroxylation is 2. The van der Waals surface area contributed by atoms with Gasteiger partial charge in [-0.15, -0.1) is 0 Å². The van der Waals surface area contributed by atoms with Gasteiger partial charge in [0, 0.05) is 50.6 Å². The summed E-state index contributed by atoms with van der Waals surface area (Å²) < 4.78 is 0. The molecular weight excluding hydrogens is 591 g/mol. The first-order valence-corrected chi connectivity index (χ1v) is 7.11. The van der Waals surface area contributed by atoms with Crippen LogP contribution in [0.5, 0.6) is 11.5 Å². The molecule has 0 atom stereocenters. The summed E-state index contributed by atoms with van der Waals surface area (Å²) in [5, 5.41) is 59.8. The van der Waals surface area contributed by atoms with Gasteiger partial charge < -0.3 is 10.2 Å². The summed E-state index contributed by atoms with van der Waals surface area (Å²) in [6.45, 7) is 2.71. The van der Waals surface area contributed by atoms with Crippen molar-refractivity contribution in [3.63, 3.8) is 0 Å². The summed E-state index contributed by atoms with van der Waals surface area (Å²) in [5.74, 6) is -1.08. The molecule has 0 aliphatic rings. The molecule has 152 valence electrons. The predicted octanol–water partition coefficient (Wildman–Crippen LogP) is 2.65. The maximum absolute atomic E-state index is 10.4. The average molecular weight is 603 g/mol. The van der Waals surface area contributed by atoms with Gasteiger partial charge in [-0.3, -0.25) is 40.5 Å². The molecule has 15 heteroatoms. The number of nitrogens with zero attached hydrogens (tertiary/aromatic N) is 4. The van der Waals surface area contributed by atoms with Crippen LogP contribution in [0.2, 0.25) is 0 Å². The van der Waals surface area contributed by atoms with Gasteiger partial charge in [0.05, 0.1) is 31.8 Å². The second-order valence-corrected chi connectivity index (χ2v) is 5.29. The number of rotatable bonds is 4. The summed E-state index contributed by atoms with van der Waals surface area (Å²) in [7, 11) is 0. The van der Waals surface area contributed by atoms with Crippen molar-refractivity contribution in [2.24, 2.45) is 0 Å². The van der Waals surface area contributed by atoms with E-state index in [-0.39, 0.29) is 38.4 Å². The molecule has 0 heterocycles. The van der Waals surface area contributed by atoms with Gasteiger partial charge in [0.1, 0.15) is 0 Å². The van der Waals surface area contributed by atoms with Gasteiger partial charge >= 0.3 is 11.4 Å². The molecule has 0 saturated carbocycles. The van der Waals surface area contributed by atoms with Crippen LogP contribution in [-0.4, -0.2) is 57.2 Å². The SMILES string of the molecule is Cc1cc([N+](=O)[O-])cc([N+](=O)[O-])c1O.Cc1cc([N+](=O)[O-])cc([N+](=O)[O-])c1O.[Pb]. The van der Waals surface area contributed by atoms with Crippen LogP contribution in [0.1, 0.15) is 11.1 Å². The van der Waals surface area contributed by atoms with Crippen molar-refractivity contribution < 1.29 is 29.9 Å². The van der Waals surface area contributed by atoms with Crippen LogP contribution in [0.15, 0.2) is 24.3 Å². The number of hydrogen-bond donors (Lipinski definition) is 2. The van der Waals surface area contributed by atoms with Crippen molar-refractivity contribution in [1.82, 2.24) is 0 Å². The Kier molecular flexibility index (Phi) is 8.99. The number of nitro benzene ring substituents is 4. The molecule has 14 nitrogen and oxygen atoms in total. The van der Waals surface area contributed by atoms with Crippen LogP contribution in [-0.2, 0) is 0 Å². The van der Waals surface area contributed by atoms with Gasteiger partial charge in [-0.1, -0.05) is 0 Å². The van der Waals surface area contributed by atoms with Gasteiger partial charge in [-0.05, 0) is 13.8 Å². The van der Waals surface area contributed by atoms with E-state index in [9.17, 15) is 50.7 Å². The summed E-state index contributed by atoms with van der Waals surface area (Å²) in [6, 6.07) is 3.59. The molecule has 0 fully saturated rings. The minimum Gasteiger partial charge on any atom is -0.502 e. The number of benzene rings is 2. The Morgan fingerprint density at radius 2 is 0.897 bits per heavy atom. The molecule has 0 spiro atoms. The van der Waals surface area contributed by atoms with Crippen LogP contribution < -0.4 is 0 Å². The Morgan fingerprint density at radius 3 is 1.10 bits per heavy atom. The number of nitro groups is 4. The van der Waals surface area contributed by atoms with E-state index < -0.39 is 53.9 Å². The van der Waals surface area contributed by atoms with E-state index in [2.05, 4.69) is 0 Å². The molecule has 2 aromatic carbocycles. The van der Waals surface area contributed by atoms with Crippen molar-refractivity contribution in [2.45, 2.75) is 13.8 Å². The molecule has 0 aliphatic heterocycles. The van der Waals surface area contributed by atoms with Crippen LogP contribution in [0, 0.1) is 54.3 Å². The third-order valence-electron chi connectivity index (χ3n) is 3.35. The summed E-state index contributed by atoms with van der Waals surface area (Å²) in [4.78, 5) is 38.2. The van der Waals surface area contributed by atoms with E-state index in [1.807, 2.05) is 0 Å². The smallest absolute Gasteiger partial charge is 0.317 e. The second-order valence-electron chi connectivity index (χ2n) is 5.29. The quantitative estimate of drug-likeness (QED) is 0.296. The fourth-order valence-corrected chi connectivity index (χ4v) is 1.97. The van der Waals surface area contributed by atoms with Crippen molar-refractivity contribution in [2.75, 3.05) is 0 Å². The summed E-state index contributed by atoms with van der Waals surface area (Å²) >= 11 is 0. The van der Waals surface area contributed by atoms with Crippen LogP contribution >= 0.6 is 0 Å². The topological polar surface area (TPSA) is 213 Å². The maximum atomic E-state index is 10.4. The maximum Gasteiger partial charge on any atom is 0.317 e. The molecule has 0 bridgehead atoms. The zero-order chi connectivity index (χ0) is 21.8. The molecule has 2 N–H and O–H groups in total. The minimum absolute atomic E-state index is 0. The monoisotopic (exact) mass is 604 g/mol. The van der Waals surface area contributed by atoms with E-state index in [1.54, 1.807) is 0 Å². The van der Waals surface area contributed by atoms with E-state index in [0.717, 1.165) is 24.3 Å². The number of hydrogen-bond acceptors (Lipinski definition) is 10. The molecule has 0 unspecified atom stereocenters. The van der Waals surface area contributed by atoms with E-state index in [4.69, 9.17) is 0 Å². The standard InChI is InChI=1S/2C7H6N2O5.Pb/c2*1-4-2-5(8(11)12)3-6(7(4)10)9(13)14;/h2*2-3,10H,1H3;. The molecule has 0 amide bonds. The summed E-state index contributed by atoms with van der Waals surface area (Å²) in [6.07, 6.45) is 0. The Balaban J connectivity index is 0.000000523. The fourth-order valence-electron chi connectivity index (χ4n) is 1.97. The van der Waals surface area contributed by atoms with Gasteiger partial charge in [-0.25, -0.2) is 0 Å². The molecule has 2 rings (SSSR count). The van der Waals surface area contributed by atoms with E-state index in [1.165, 1.54) is 13.8 Å². The van der Waals surface area contributed by atoms with E-state index >= 15 is 0 Å². The number of aromatic hydroxyl groups is 2. The van der Waals surface area contributed by atoms with Crippen molar-refractivity contribution in [3.8, 4) is 11.5 Å². The first kappa shape index (κ1) is 25.6. The Morgan fingerprint density at radius 1 is 0.621 bits per heavy atom. The Bertz CT molecular complexity index is 915. The third-order valence-corrected chi connectivity index (χ3v) is 3.35. The third kappa shape index (κ3) is 6.30. The normalized spacial score (nSPS) is 9.45. The van der Waals surface area contributed by atoms with Crippen LogP contribution in [0.3, 0.4) is 0 Å². The van der Waals surface area contributed by atoms with E-state index in [0.29, 0.717) is 0 Å². The van der Waals surface area contributed by atoms with Crippen LogP contribution in [0.4, 0.5) is 22.7 Å². The Hall–Kier alpha value is -3.44. The molecule has 2 aromatic rings. The van der Waals surface area contributed by atoms with Gasteiger partial charge in [0.15, 0.2) is 11.5 Å². The number of non-ortho nitro benzene ring substituents is 2. The molecule has 0 aromatic heterocycles. The van der Waals surface area contributed by atoms with Crippen molar-refractivity contribution in [3.05, 3.63) is 75.8 Å². The number of phenols is 2.